The normalized spacial score (nSPS) is 19.9. The van der Waals surface area contributed by atoms with Gasteiger partial charge in [-0.1, -0.05) is 42.5 Å². The van der Waals surface area contributed by atoms with E-state index in [1.165, 1.54) is 21.1 Å². The SMILES string of the molecule is C[C@@H](NC(=O)C1CC2(CN1C(=O)CN1Cc3ccc(-c4ccccc4)cc3C1=O)OCCO2)c1cc(C(=N)N)cs1. The number of nitrogens with one attached hydrogen (secondary N) is 2. The van der Waals surface area contributed by atoms with Crippen LogP contribution in [0, 0.1) is 5.41 Å². The van der Waals surface area contributed by atoms with Crippen molar-refractivity contribution in [1.82, 2.24) is 15.1 Å². The summed E-state index contributed by atoms with van der Waals surface area (Å²) in [6.45, 7) is 2.90. The molecule has 10 nitrogen and oxygen atoms in total. The molecule has 212 valence electrons. The Labute approximate surface area is 241 Å². The molecule has 1 spiro atoms. The first kappa shape index (κ1) is 27.1. The Kier molecular flexibility index (Phi) is 7.10. The fourth-order valence-electron chi connectivity index (χ4n) is 5.70. The molecule has 11 heteroatoms. The van der Waals surface area contributed by atoms with E-state index in [4.69, 9.17) is 20.6 Å². The molecule has 3 aliphatic rings. The fourth-order valence-corrected chi connectivity index (χ4v) is 6.61. The van der Waals surface area contributed by atoms with Crippen LogP contribution in [0.15, 0.2) is 60.0 Å². The molecule has 0 bridgehead atoms. The van der Waals surface area contributed by atoms with Crippen molar-refractivity contribution in [3.05, 3.63) is 81.5 Å². The Morgan fingerprint density at radius 3 is 2.61 bits per heavy atom. The Morgan fingerprint density at radius 2 is 1.90 bits per heavy atom. The summed E-state index contributed by atoms with van der Waals surface area (Å²) < 4.78 is 11.7. The first-order chi connectivity index (χ1) is 19.7. The maximum atomic E-state index is 13.7. The summed E-state index contributed by atoms with van der Waals surface area (Å²) in [5.74, 6) is -1.95. The average Bonchev–Trinajstić information content (AvgIpc) is 3.77. The number of hydrogen-bond acceptors (Lipinski definition) is 7. The molecule has 0 aliphatic carbocycles. The zero-order valence-electron chi connectivity index (χ0n) is 22.6. The van der Waals surface area contributed by atoms with Gasteiger partial charge in [-0.3, -0.25) is 19.8 Å². The minimum atomic E-state index is -1.03. The van der Waals surface area contributed by atoms with Gasteiger partial charge in [0, 0.05) is 34.3 Å². The molecule has 4 heterocycles. The summed E-state index contributed by atoms with van der Waals surface area (Å²) in [6.07, 6.45) is 0.203. The minimum absolute atomic E-state index is 0.0361. The van der Waals surface area contributed by atoms with E-state index in [0.29, 0.717) is 30.9 Å². The van der Waals surface area contributed by atoms with Crippen LogP contribution in [0.25, 0.3) is 11.1 Å². The molecular weight excluding hydrogens is 542 g/mol. The van der Waals surface area contributed by atoms with Crippen molar-refractivity contribution in [3.8, 4) is 11.1 Å². The van der Waals surface area contributed by atoms with Gasteiger partial charge in [0.2, 0.25) is 11.8 Å². The molecule has 2 fully saturated rings. The van der Waals surface area contributed by atoms with Crippen molar-refractivity contribution in [2.24, 2.45) is 5.73 Å². The molecule has 0 radical (unpaired) electrons. The maximum Gasteiger partial charge on any atom is 0.254 e. The van der Waals surface area contributed by atoms with E-state index in [9.17, 15) is 14.4 Å². The summed E-state index contributed by atoms with van der Waals surface area (Å²) in [5.41, 5.74) is 9.59. The third-order valence-electron chi connectivity index (χ3n) is 7.87. The van der Waals surface area contributed by atoms with Crippen molar-refractivity contribution in [2.45, 2.75) is 37.8 Å². The summed E-state index contributed by atoms with van der Waals surface area (Å²) in [5, 5.41) is 12.4. The average molecular weight is 574 g/mol. The molecule has 3 aliphatic heterocycles. The third kappa shape index (κ3) is 5.23. The molecule has 1 unspecified atom stereocenters. The highest BCUT2D eigenvalue weighted by atomic mass is 32.1. The number of rotatable bonds is 7. The number of fused-ring (bicyclic) bond motifs is 1. The van der Waals surface area contributed by atoms with Crippen LogP contribution in [0.3, 0.4) is 0 Å². The number of likely N-dealkylation sites (tertiary alicyclic amines) is 1. The molecule has 6 rings (SSSR count). The Balaban J connectivity index is 1.17. The molecule has 3 amide bonds. The number of nitrogen functional groups attached to an aromatic ring is 1. The summed E-state index contributed by atoms with van der Waals surface area (Å²) >= 11 is 1.40. The van der Waals surface area contributed by atoms with Crippen LogP contribution in [0.4, 0.5) is 0 Å². The highest BCUT2D eigenvalue weighted by Crippen LogP contribution is 2.36. The molecule has 1 aromatic heterocycles. The molecule has 4 N–H and O–H groups in total. The Bertz CT molecular complexity index is 1520. The van der Waals surface area contributed by atoms with E-state index in [1.807, 2.05) is 55.5 Å². The number of ether oxygens (including phenoxy) is 2. The summed E-state index contributed by atoms with van der Waals surface area (Å²) in [4.78, 5) is 44.4. The monoisotopic (exact) mass is 573 g/mol. The standard InChI is InChI=1S/C30H31N5O5S/c1-18(25-12-22(16-41-25)27(31)32)33-28(37)24-13-30(39-9-10-40-30)17-35(24)26(36)15-34-14-21-8-7-20(11-23(21)29(34)38)19-5-3-2-4-6-19/h2-8,11-12,16,18,24H,9-10,13-15,17H2,1H3,(H3,31,32)(H,33,37)/t18-,24?/m1/s1. The van der Waals surface area contributed by atoms with Gasteiger partial charge in [-0.25, -0.2) is 0 Å². The van der Waals surface area contributed by atoms with E-state index < -0.39 is 11.8 Å². The van der Waals surface area contributed by atoms with Gasteiger partial charge in [-0.2, -0.15) is 0 Å². The molecule has 2 atom stereocenters. The van der Waals surface area contributed by atoms with Gasteiger partial charge >= 0.3 is 0 Å². The van der Waals surface area contributed by atoms with Crippen LogP contribution in [0.1, 0.15) is 45.7 Å². The van der Waals surface area contributed by atoms with Gasteiger partial charge in [0.15, 0.2) is 5.79 Å². The largest absolute Gasteiger partial charge is 0.384 e. The number of nitrogens with zero attached hydrogens (tertiary/aromatic N) is 2. The smallest absolute Gasteiger partial charge is 0.254 e. The molecule has 3 aromatic rings. The van der Waals surface area contributed by atoms with E-state index in [0.717, 1.165) is 21.6 Å². The number of hydrogen-bond donors (Lipinski definition) is 3. The van der Waals surface area contributed by atoms with E-state index in [-0.39, 0.29) is 49.1 Å². The van der Waals surface area contributed by atoms with Crippen LogP contribution in [-0.2, 0) is 25.6 Å². The van der Waals surface area contributed by atoms with Gasteiger partial charge < -0.3 is 30.3 Å². The van der Waals surface area contributed by atoms with Crippen LogP contribution in [0.2, 0.25) is 0 Å². The zero-order chi connectivity index (χ0) is 28.7. The summed E-state index contributed by atoms with van der Waals surface area (Å²) in [6, 6.07) is 16.2. The number of amides is 3. The number of thiophene rings is 1. The first-order valence-corrected chi connectivity index (χ1v) is 14.4. The van der Waals surface area contributed by atoms with E-state index in [2.05, 4.69) is 5.32 Å². The quantitative estimate of drug-likeness (QED) is 0.294. The van der Waals surface area contributed by atoms with Crippen LogP contribution in [-0.4, -0.2) is 71.5 Å². The molecule has 2 aromatic carbocycles. The predicted octanol–water partition coefficient (Wildman–Crippen LogP) is 2.88. The predicted molar refractivity (Wildman–Crippen MR) is 153 cm³/mol. The van der Waals surface area contributed by atoms with Crippen molar-refractivity contribution in [2.75, 3.05) is 26.3 Å². The highest BCUT2D eigenvalue weighted by Gasteiger charge is 2.53. The lowest BCUT2D eigenvalue weighted by molar-refractivity contribution is -0.152. The molecule has 0 saturated carbocycles. The van der Waals surface area contributed by atoms with Gasteiger partial charge in [0.1, 0.15) is 18.4 Å². The lowest BCUT2D eigenvalue weighted by atomic mass is 10.0. The van der Waals surface area contributed by atoms with Crippen LogP contribution < -0.4 is 11.1 Å². The number of carbonyl (C=O) groups excluding carboxylic acids is 3. The van der Waals surface area contributed by atoms with Gasteiger partial charge in [-0.15, -0.1) is 11.3 Å². The van der Waals surface area contributed by atoms with Gasteiger partial charge in [0.05, 0.1) is 25.8 Å². The second-order valence-electron chi connectivity index (χ2n) is 10.6. The Morgan fingerprint density at radius 1 is 1.15 bits per heavy atom. The van der Waals surface area contributed by atoms with E-state index in [1.54, 1.807) is 11.4 Å². The first-order valence-electron chi connectivity index (χ1n) is 13.5. The number of nitrogens with two attached hydrogens (primary N) is 1. The van der Waals surface area contributed by atoms with Crippen molar-refractivity contribution in [3.63, 3.8) is 0 Å². The fraction of sp³-hybridized carbons (Fsp3) is 0.333. The van der Waals surface area contributed by atoms with Crippen molar-refractivity contribution < 1.29 is 23.9 Å². The topological polar surface area (TPSA) is 138 Å². The number of carbonyl (C=O) groups is 3. The van der Waals surface area contributed by atoms with Crippen molar-refractivity contribution >= 4 is 34.9 Å². The van der Waals surface area contributed by atoms with Gasteiger partial charge in [0.25, 0.3) is 5.91 Å². The zero-order valence-corrected chi connectivity index (χ0v) is 23.4. The maximum absolute atomic E-state index is 13.7. The lowest BCUT2D eigenvalue weighted by Crippen LogP contribution is -2.49. The minimum Gasteiger partial charge on any atom is -0.384 e. The number of benzene rings is 2. The van der Waals surface area contributed by atoms with E-state index >= 15 is 0 Å². The molecular formula is C30H31N5O5S. The van der Waals surface area contributed by atoms with Gasteiger partial charge in [-0.05, 0) is 35.7 Å². The lowest BCUT2D eigenvalue weighted by Gasteiger charge is -2.27. The summed E-state index contributed by atoms with van der Waals surface area (Å²) in [7, 11) is 0. The molecule has 2 saturated heterocycles. The second-order valence-corrected chi connectivity index (χ2v) is 11.6. The highest BCUT2D eigenvalue weighted by molar-refractivity contribution is 7.10. The number of amidine groups is 1. The Hall–Kier alpha value is -4.06. The second kappa shape index (κ2) is 10.7. The van der Waals surface area contributed by atoms with Crippen molar-refractivity contribution in [1.29, 1.82) is 5.41 Å². The third-order valence-corrected chi connectivity index (χ3v) is 8.98. The van der Waals surface area contributed by atoms with Crippen LogP contribution >= 0.6 is 11.3 Å². The van der Waals surface area contributed by atoms with Crippen LogP contribution in [0.5, 0.6) is 0 Å². The molecule has 41 heavy (non-hydrogen) atoms.